The molecule has 0 spiro atoms. The maximum Gasteiger partial charge on any atom is 0.0791 e. The number of likely N-dealkylation sites (tertiary alicyclic amines) is 1. The van der Waals surface area contributed by atoms with Gasteiger partial charge in [-0.2, -0.15) is 0 Å². The Bertz CT molecular complexity index is 349. The lowest BCUT2D eigenvalue weighted by Crippen LogP contribution is -2.36. The highest BCUT2D eigenvalue weighted by molar-refractivity contribution is 5.00. The monoisotopic (exact) mass is 250 g/mol. The van der Waals surface area contributed by atoms with Crippen molar-refractivity contribution < 1.29 is 5.11 Å². The maximum absolute atomic E-state index is 9.89. The van der Waals surface area contributed by atoms with Crippen LogP contribution in [0.1, 0.15) is 24.2 Å². The standard InChI is InChI=1S/C13H22N4O/c1-11-6-16-12(8-15-11)7-14-9-13(18)10-17-4-2-3-5-17/h6,8,13-14,18H,2-5,7,9-10H2,1H3. The van der Waals surface area contributed by atoms with Gasteiger partial charge < -0.3 is 15.3 Å². The third kappa shape index (κ3) is 4.33. The molecule has 100 valence electrons. The van der Waals surface area contributed by atoms with E-state index in [1.165, 1.54) is 12.8 Å². The van der Waals surface area contributed by atoms with Crippen molar-refractivity contribution >= 4 is 0 Å². The van der Waals surface area contributed by atoms with Gasteiger partial charge in [0.2, 0.25) is 0 Å². The van der Waals surface area contributed by atoms with Gasteiger partial charge >= 0.3 is 0 Å². The smallest absolute Gasteiger partial charge is 0.0791 e. The second-order valence-corrected chi connectivity index (χ2v) is 4.94. The Kier molecular flexibility index (Phi) is 5.04. The Hall–Kier alpha value is -1.04. The van der Waals surface area contributed by atoms with Crippen molar-refractivity contribution in [2.24, 2.45) is 0 Å². The van der Waals surface area contributed by atoms with Crippen LogP contribution in [0.25, 0.3) is 0 Å². The van der Waals surface area contributed by atoms with Crippen LogP contribution in [-0.2, 0) is 6.54 Å². The first-order valence-corrected chi connectivity index (χ1v) is 6.63. The molecule has 0 radical (unpaired) electrons. The summed E-state index contributed by atoms with van der Waals surface area (Å²) in [6, 6.07) is 0. The fourth-order valence-corrected chi connectivity index (χ4v) is 2.21. The second kappa shape index (κ2) is 6.78. The molecule has 18 heavy (non-hydrogen) atoms. The lowest BCUT2D eigenvalue weighted by molar-refractivity contribution is 0.123. The van der Waals surface area contributed by atoms with Crippen LogP contribution in [0.2, 0.25) is 0 Å². The van der Waals surface area contributed by atoms with Gasteiger partial charge in [0.1, 0.15) is 0 Å². The van der Waals surface area contributed by atoms with Crippen LogP contribution in [0, 0.1) is 6.92 Å². The van der Waals surface area contributed by atoms with E-state index in [-0.39, 0.29) is 6.10 Å². The highest BCUT2D eigenvalue weighted by atomic mass is 16.3. The minimum absolute atomic E-state index is 0.304. The summed E-state index contributed by atoms with van der Waals surface area (Å²) in [5.41, 5.74) is 1.83. The van der Waals surface area contributed by atoms with Crippen molar-refractivity contribution in [2.75, 3.05) is 26.2 Å². The van der Waals surface area contributed by atoms with Gasteiger partial charge in [-0.15, -0.1) is 0 Å². The average molecular weight is 250 g/mol. The Balaban J connectivity index is 1.63. The zero-order valence-corrected chi connectivity index (χ0v) is 11.0. The van der Waals surface area contributed by atoms with Crippen molar-refractivity contribution in [2.45, 2.75) is 32.4 Å². The summed E-state index contributed by atoms with van der Waals surface area (Å²) in [4.78, 5) is 10.8. The molecule has 0 bridgehead atoms. The lowest BCUT2D eigenvalue weighted by Gasteiger charge is -2.19. The number of rotatable bonds is 6. The number of β-amino-alcohol motifs (C(OH)–C–C–N with tert-alkyl or cyclic N) is 1. The summed E-state index contributed by atoms with van der Waals surface area (Å²) in [6.45, 7) is 6.20. The number of aromatic nitrogens is 2. The fourth-order valence-electron chi connectivity index (χ4n) is 2.21. The topological polar surface area (TPSA) is 61.3 Å². The fraction of sp³-hybridized carbons (Fsp3) is 0.692. The first kappa shape index (κ1) is 13.4. The molecule has 1 aromatic rings. The molecular weight excluding hydrogens is 228 g/mol. The second-order valence-electron chi connectivity index (χ2n) is 4.94. The van der Waals surface area contributed by atoms with Gasteiger partial charge in [0.15, 0.2) is 0 Å². The van der Waals surface area contributed by atoms with E-state index in [4.69, 9.17) is 0 Å². The van der Waals surface area contributed by atoms with Crippen LogP contribution in [0.15, 0.2) is 12.4 Å². The number of nitrogens with one attached hydrogen (secondary N) is 1. The SMILES string of the molecule is Cc1cnc(CNCC(O)CN2CCCC2)cn1. The van der Waals surface area contributed by atoms with Crippen LogP contribution in [0.4, 0.5) is 0 Å². The summed E-state index contributed by atoms with van der Waals surface area (Å²) in [6.07, 6.45) is 5.76. The molecule has 1 saturated heterocycles. The Morgan fingerprint density at radius 1 is 1.33 bits per heavy atom. The third-order valence-electron chi connectivity index (χ3n) is 3.19. The number of nitrogens with zero attached hydrogens (tertiary/aromatic N) is 3. The summed E-state index contributed by atoms with van der Waals surface area (Å²) in [5, 5.41) is 13.1. The van der Waals surface area contributed by atoms with Crippen LogP contribution in [0.3, 0.4) is 0 Å². The van der Waals surface area contributed by atoms with Gasteiger partial charge in [0.05, 0.1) is 17.5 Å². The van der Waals surface area contributed by atoms with E-state index in [1.54, 1.807) is 12.4 Å². The zero-order chi connectivity index (χ0) is 12.8. The van der Waals surface area contributed by atoms with Crippen LogP contribution in [-0.4, -0.2) is 52.3 Å². The first-order valence-electron chi connectivity index (χ1n) is 6.63. The van der Waals surface area contributed by atoms with E-state index in [1.807, 2.05) is 6.92 Å². The Morgan fingerprint density at radius 2 is 2.11 bits per heavy atom. The minimum Gasteiger partial charge on any atom is -0.390 e. The normalized spacial score (nSPS) is 18.1. The molecule has 0 amide bonds. The maximum atomic E-state index is 9.89. The predicted octanol–water partition coefficient (Wildman–Crippen LogP) is 0.331. The number of aliphatic hydroxyl groups excluding tert-OH is 1. The number of hydrogen-bond donors (Lipinski definition) is 2. The molecule has 1 aliphatic heterocycles. The predicted molar refractivity (Wildman–Crippen MR) is 70.2 cm³/mol. The Labute approximate surface area is 108 Å². The van der Waals surface area contributed by atoms with Crippen LogP contribution in [0.5, 0.6) is 0 Å². The minimum atomic E-state index is -0.304. The molecule has 1 fully saturated rings. The summed E-state index contributed by atoms with van der Waals surface area (Å²) >= 11 is 0. The molecular formula is C13H22N4O. The van der Waals surface area contributed by atoms with Gasteiger partial charge in [0.25, 0.3) is 0 Å². The largest absolute Gasteiger partial charge is 0.390 e. The van der Waals surface area contributed by atoms with E-state index < -0.39 is 0 Å². The molecule has 0 aromatic carbocycles. The zero-order valence-electron chi connectivity index (χ0n) is 11.0. The highest BCUT2D eigenvalue weighted by Crippen LogP contribution is 2.07. The van der Waals surface area contributed by atoms with E-state index in [9.17, 15) is 5.11 Å². The average Bonchev–Trinajstić information content (AvgIpc) is 2.84. The summed E-state index contributed by atoms with van der Waals surface area (Å²) in [5.74, 6) is 0. The number of hydrogen-bond acceptors (Lipinski definition) is 5. The van der Waals surface area contributed by atoms with Crippen molar-refractivity contribution in [1.82, 2.24) is 20.2 Å². The quantitative estimate of drug-likeness (QED) is 0.762. The first-order chi connectivity index (χ1) is 8.74. The molecule has 0 saturated carbocycles. The molecule has 1 unspecified atom stereocenters. The number of aryl methyl sites for hydroxylation is 1. The third-order valence-corrected chi connectivity index (χ3v) is 3.19. The van der Waals surface area contributed by atoms with E-state index in [0.29, 0.717) is 13.1 Å². The van der Waals surface area contributed by atoms with E-state index in [0.717, 1.165) is 31.0 Å². The summed E-state index contributed by atoms with van der Waals surface area (Å²) < 4.78 is 0. The van der Waals surface area contributed by atoms with Crippen LogP contribution >= 0.6 is 0 Å². The van der Waals surface area contributed by atoms with E-state index in [2.05, 4.69) is 20.2 Å². The molecule has 1 aromatic heterocycles. The number of aliphatic hydroxyl groups is 1. The molecule has 2 N–H and O–H groups in total. The molecule has 2 rings (SSSR count). The van der Waals surface area contributed by atoms with Crippen molar-refractivity contribution in [3.8, 4) is 0 Å². The van der Waals surface area contributed by atoms with Gasteiger partial charge in [-0.1, -0.05) is 0 Å². The lowest BCUT2D eigenvalue weighted by atomic mass is 10.3. The van der Waals surface area contributed by atoms with Gasteiger partial charge in [0, 0.05) is 32.0 Å². The summed E-state index contributed by atoms with van der Waals surface area (Å²) in [7, 11) is 0. The van der Waals surface area contributed by atoms with Crippen molar-refractivity contribution in [3.63, 3.8) is 0 Å². The van der Waals surface area contributed by atoms with Crippen molar-refractivity contribution in [3.05, 3.63) is 23.8 Å². The van der Waals surface area contributed by atoms with Crippen LogP contribution < -0.4 is 5.32 Å². The van der Waals surface area contributed by atoms with E-state index >= 15 is 0 Å². The van der Waals surface area contributed by atoms with Gasteiger partial charge in [-0.25, -0.2) is 0 Å². The molecule has 5 heteroatoms. The molecule has 2 heterocycles. The molecule has 0 aliphatic carbocycles. The van der Waals surface area contributed by atoms with Gasteiger partial charge in [-0.05, 0) is 32.9 Å². The molecule has 1 atom stereocenters. The van der Waals surface area contributed by atoms with Crippen molar-refractivity contribution in [1.29, 1.82) is 0 Å². The molecule has 1 aliphatic rings. The van der Waals surface area contributed by atoms with Gasteiger partial charge in [-0.3, -0.25) is 9.97 Å². The Morgan fingerprint density at radius 3 is 2.78 bits per heavy atom. The molecule has 5 nitrogen and oxygen atoms in total. The highest BCUT2D eigenvalue weighted by Gasteiger charge is 2.15.